The number of hydrogen-bond donors (Lipinski definition) is 1. The number of hydrogen-bond acceptors (Lipinski definition) is 5. The fourth-order valence-corrected chi connectivity index (χ4v) is 2.88. The highest BCUT2D eigenvalue weighted by molar-refractivity contribution is 5.39. The van der Waals surface area contributed by atoms with Gasteiger partial charge in [-0.15, -0.1) is 0 Å². The van der Waals surface area contributed by atoms with Crippen LogP contribution in [-0.4, -0.2) is 59.7 Å². The largest absolute Gasteiger partial charge is 0.376 e. The Morgan fingerprint density at radius 2 is 2.26 bits per heavy atom. The summed E-state index contributed by atoms with van der Waals surface area (Å²) in [6.07, 6.45) is 7.90. The second-order valence-corrected chi connectivity index (χ2v) is 6.22. The standard InChI is InChI=1S/C17H25N5O/c1-21(2)17-11-14(5-6-20-17)3-4-15-12-22(9-10-23-15)13-16-18-7-8-19-16/h5-8,11,15H,3-4,9-10,12-13H2,1-2H3,(H,18,19)/t15-/m1/s1. The van der Waals surface area contributed by atoms with Gasteiger partial charge in [-0.3, -0.25) is 4.90 Å². The lowest BCUT2D eigenvalue weighted by Crippen LogP contribution is -2.42. The van der Waals surface area contributed by atoms with Crippen LogP contribution in [0.15, 0.2) is 30.7 Å². The summed E-state index contributed by atoms with van der Waals surface area (Å²) in [5.41, 5.74) is 1.32. The molecule has 0 radical (unpaired) electrons. The smallest absolute Gasteiger partial charge is 0.128 e. The van der Waals surface area contributed by atoms with Crippen molar-refractivity contribution in [2.45, 2.75) is 25.5 Å². The minimum Gasteiger partial charge on any atom is -0.376 e. The summed E-state index contributed by atoms with van der Waals surface area (Å²) < 4.78 is 5.93. The van der Waals surface area contributed by atoms with Crippen molar-refractivity contribution >= 4 is 5.82 Å². The van der Waals surface area contributed by atoms with Gasteiger partial charge in [0.2, 0.25) is 0 Å². The molecule has 1 saturated heterocycles. The third kappa shape index (κ3) is 4.53. The van der Waals surface area contributed by atoms with Crippen LogP contribution in [0.1, 0.15) is 17.8 Å². The van der Waals surface area contributed by atoms with Gasteiger partial charge in [0.1, 0.15) is 11.6 Å². The van der Waals surface area contributed by atoms with E-state index in [1.54, 1.807) is 6.20 Å². The molecule has 0 amide bonds. The SMILES string of the molecule is CN(C)c1cc(CC[C@@H]2CN(Cc3ncc[nH]3)CCO2)ccn1. The van der Waals surface area contributed by atoms with Crippen molar-refractivity contribution < 1.29 is 4.74 Å². The molecule has 0 saturated carbocycles. The molecular weight excluding hydrogens is 290 g/mol. The van der Waals surface area contributed by atoms with E-state index in [-0.39, 0.29) is 6.10 Å². The van der Waals surface area contributed by atoms with Crippen molar-refractivity contribution in [1.82, 2.24) is 19.9 Å². The van der Waals surface area contributed by atoms with Gasteiger partial charge in [-0.25, -0.2) is 9.97 Å². The molecular formula is C17H25N5O. The maximum atomic E-state index is 5.93. The Morgan fingerprint density at radius 3 is 3.04 bits per heavy atom. The molecule has 1 fully saturated rings. The van der Waals surface area contributed by atoms with Crippen LogP contribution in [0.25, 0.3) is 0 Å². The van der Waals surface area contributed by atoms with Crippen LogP contribution >= 0.6 is 0 Å². The topological polar surface area (TPSA) is 57.3 Å². The molecule has 1 N–H and O–H groups in total. The van der Waals surface area contributed by atoms with E-state index in [1.807, 2.05) is 31.4 Å². The van der Waals surface area contributed by atoms with Gasteiger partial charge in [-0.2, -0.15) is 0 Å². The van der Waals surface area contributed by atoms with Crippen molar-refractivity contribution in [3.05, 3.63) is 42.1 Å². The molecule has 124 valence electrons. The van der Waals surface area contributed by atoms with Gasteiger partial charge in [0.25, 0.3) is 0 Å². The Hall–Kier alpha value is -1.92. The fraction of sp³-hybridized carbons (Fsp3) is 0.529. The number of aryl methyl sites for hydroxylation is 1. The van der Waals surface area contributed by atoms with Crippen molar-refractivity contribution in [3.8, 4) is 0 Å². The molecule has 1 aliphatic heterocycles. The zero-order valence-corrected chi connectivity index (χ0v) is 13.9. The number of anilines is 1. The molecule has 23 heavy (non-hydrogen) atoms. The number of rotatable bonds is 6. The maximum absolute atomic E-state index is 5.93. The highest BCUT2D eigenvalue weighted by Gasteiger charge is 2.21. The monoisotopic (exact) mass is 315 g/mol. The summed E-state index contributed by atoms with van der Waals surface area (Å²) >= 11 is 0. The third-order valence-electron chi connectivity index (χ3n) is 4.17. The summed E-state index contributed by atoms with van der Waals surface area (Å²) in [6.45, 7) is 3.60. The van der Waals surface area contributed by atoms with E-state index in [4.69, 9.17) is 4.74 Å². The van der Waals surface area contributed by atoms with E-state index < -0.39 is 0 Å². The van der Waals surface area contributed by atoms with Crippen molar-refractivity contribution in [2.75, 3.05) is 38.7 Å². The van der Waals surface area contributed by atoms with Gasteiger partial charge < -0.3 is 14.6 Å². The van der Waals surface area contributed by atoms with Gasteiger partial charge in [-0.05, 0) is 30.5 Å². The number of H-pyrrole nitrogens is 1. The maximum Gasteiger partial charge on any atom is 0.128 e. The minimum absolute atomic E-state index is 0.287. The second kappa shape index (κ2) is 7.57. The molecule has 0 aromatic carbocycles. The molecule has 0 bridgehead atoms. The summed E-state index contributed by atoms with van der Waals surface area (Å²) in [4.78, 5) is 16.3. The number of imidazole rings is 1. The van der Waals surface area contributed by atoms with E-state index in [9.17, 15) is 0 Å². The van der Waals surface area contributed by atoms with E-state index in [0.29, 0.717) is 0 Å². The summed E-state index contributed by atoms with van der Waals surface area (Å²) in [5, 5.41) is 0. The molecule has 6 nitrogen and oxygen atoms in total. The van der Waals surface area contributed by atoms with Crippen molar-refractivity contribution in [3.63, 3.8) is 0 Å². The molecule has 0 unspecified atom stereocenters. The second-order valence-electron chi connectivity index (χ2n) is 6.22. The number of aromatic amines is 1. The lowest BCUT2D eigenvalue weighted by Gasteiger charge is -2.32. The molecule has 1 atom stereocenters. The summed E-state index contributed by atoms with van der Waals surface area (Å²) in [5.74, 6) is 2.03. The van der Waals surface area contributed by atoms with E-state index in [1.165, 1.54) is 5.56 Å². The molecule has 3 heterocycles. The third-order valence-corrected chi connectivity index (χ3v) is 4.17. The molecule has 0 aliphatic carbocycles. The molecule has 2 aromatic heterocycles. The van der Waals surface area contributed by atoms with Gasteiger partial charge >= 0.3 is 0 Å². The van der Waals surface area contributed by atoms with Crippen molar-refractivity contribution in [1.29, 1.82) is 0 Å². The Labute approximate surface area is 137 Å². The lowest BCUT2D eigenvalue weighted by molar-refractivity contribution is -0.0352. The number of nitrogens with one attached hydrogen (secondary N) is 1. The summed E-state index contributed by atoms with van der Waals surface area (Å²) in [7, 11) is 4.03. The predicted molar refractivity (Wildman–Crippen MR) is 90.5 cm³/mol. The molecule has 6 heteroatoms. The van der Waals surface area contributed by atoms with Gasteiger partial charge in [0.15, 0.2) is 0 Å². The van der Waals surface area contributed by atoms with Crippen LogP contribution in [0.4, 0.5) is 5.82 Å². The van der Waals surface area contributed by atoms with Gasteiger partial charge in [-0.1, -0.05) is 0 Å². The summed E-state index contributed by atoms with van der Waals surface area (Å²) in [6, 6.07) is 4.25. The number of aromatic nitrogens is 3. The molecule has 2 aromatic rings. The minimum atomic E-state index is 0.287. The van der Waals surface area contributed by atoms with Crippen LogP contribution in [0.3, 0.4) is 0 Å². The number of pyridine rings is 1. The number of ether oxygens (including phenoxy) is 1. The Kier molecular flexibility index (Phi) is 5.25. The highest BCUT2D eigenvalue weighted by atomic mass is 16.5. The number of nitrogens with zero attached hydrogens (tertiary/aromatic N) is 4. The van der Waals surface area contributed by atoms with Gasteiger partial charge in [0.05, 0.1) is 19.3 Å². The van der Waals surface area contributed by atoms with Crippen LogP contribution < -0.4 is 4.90 Å². The van der Waals surface area contributed by atoms with Crippen LogP contribution in [0.5, 0.6) is 0 Å². The fourth-order valence-electron chi connectivity index (χ4n) is 2.88. The molecule has 1 aliphatic rings. The molecule has 0 spiro atoms. The zero-order chi connectivity index (χ0) is 16.1. The van der Waals surface area contributed by atoms with Gasteiger partial charge in [0, 0.05) is 45.8 Å². The first kappa shape index (κ1) is 16.0. The Balaban J connectivity index is 1.50. The first-order valence-corrected chi connectivity index (χ1v) is 8.15. The van der Waals surface area contributed by atoms with Crippen LogP contribution in [-0.2, 0) is 17.7 Å². The normalized spacial score (nSPS) is 19.0. The van der Waals surface area contributed by atoms with E-state index >= 15 is 0 Å². The predicted octanol–water partition coefficient (Wildman–Crippen LogP) is 1.70. The lowest BCUT2D eigenvalue weighted by atomic mass is 10.1. The average Bonchev–Trinajstić information content (AvgIpc) is 3.06. The first-order valence-electron chi connectivity index (χ1n) is 8.15. The highest BCUT2D eigenvalue weighted by Crippen LogP contribution is 2.16. The van der Waals surface area contributed by atoms with Crippen LogP contribution in [0.2, 0.25) is 0 Å². The van der Waals surface area contributed by atoms with Crippen LogP contribution in [0, 0.1) is 0 Å². The first-order chi connectivity index (χ1) is 11.2. The Morgan fingerprint density at radius 1 is 1.35 bits per heavy atom. The Bertz CT molecular complexity index is 599. The van der Waals surface area contributed by atoms with Crippen molar-refractivity contribution in [2.24, 2.45) is 0 Å². The molecule has 3 rings (SSSR count). The zero-order valence-electron chi connectivity index (χ0n) is 13.9. The van der Waals surface area contributed by atoms with E-state index in [0.717, 1.165) is 50.7 Å². The van der Waals surface area contributed by atoms with E-state index in [2.05, 4.69) is 32.0 Å². The average molecular weight is 315 g/mol. The number of morpholine rings is 1. The quantitative estimate of drug-likeness (QED) is 0.879.